The normalized spacial score (nSPS) is 10.2. The summed E-state index contributed by atoms with van der Waals surface area (Å²) in [6.45, 7) is 3.23. The van der Waals surface area contributed by atoms with Crippen molar-refractivity contribution in [3.05, 3.63) is 48.2 Å². The van der Waals surface area contributed by atoms with Gasteiger partial charge in [-0.25, -0.2) is 4.98 Å². The molecule has 0 bridgehead atoms. The molecule has 0 saturated carbocycles. The predicted octanol–water partition coefficient (Wildman–Crippen LogP) is 2.68. The highest BCUT2D eigenvalue weighted by Gasteiger charge is 1.99. The number of benzene rings is 1. The molecular formula is C15H18N2O2. The number of anilines is 1. The summed E-state index contributed by atoms with van der Waals surface area (Å²) in [4.78, 5) is 4.08. The van der Waals surface area contributed by atoms with Gasteiger partial charge in [-0.05, 0) is 30.7 Å². The zero-order valence-corrected chi connectivity index (χ0v) is 11.0. The van der Waals surface area contributed by atoms with Gasteiger partial charge in [-0.2, -0.15) is 0 Å². The zero-order chi connectivity index (χ0) is 13.5. The first-order chi connectivity index (χ1) is 9.28. The SMILES string of the molecule is CCOc1cccc(CCOc2ccc(N)cn2)c1. The van der Waals surface area contributed by atoms with E-state index in [2.05, 4.69) is 11.1 Å². The van der Waals surface area contributed by atoms with E-state index in [0.717, 1.165) is 12.2 Å². The van der Waals surface area contributed by atoms with Crippen LogP contribution in [0.25, 0.3) is 0 Å². The van der Waals surface area contributed by atoms with E-state index in [1.165, 1.54) is 5.56 Å². The van der Waals surface area contributed by atoms with Gasteiger partial charge >= 0.3 is 0 Å². The molecule has 2 rings (SSSR count). The Balaban J connectivity index is 1.85. The minimum Gasteiger partial charge on any atom is -0.494 e. The molecule has 0 spiro atoms. The van der Waals surface area contributed by atoms with Crippen LogP contribution in [0.5, 0.6) is 11.6 Å². The summed E-state index contributed by atoms with van der Waals surface area (Å²) in [5.41, 5.74) is 7.38. The number of hydrogen-bond acceptors (Lipinski definition) is 4. The van der Waals surface area contributed by atoms with Gasteiger partial charge in [0.2, 0.25) is 5.88 Å². The minimum atomic E-state index is 0.576. The summed E-state index contributed by atoms with van der Waals surface area (Å²) in [6, 6.07) is 11.6. The maximum atomic E-state index is 5.56. The van der Waals surface area contributed by atoms with E-state index in [1.807, 2.05) is 25.1 Å². The lowest BCUT2D eigenvalue weighted by molar-refractivity contribution is 0.309. The van der Waals surface area contributed by atoms with E-state index in [4.69, 9.17) is 15.2 Å². The summed E-state index contributed by atoms with van der Waals surface area (Å²) in [6.07, 6.45) is 2.40. The Bertz CT molecular complexity index is 512. The van der Waals surface area contributed by atoms with Crippen LogP contribution >= 0.6 is 0 Å². The maximum Gasteiger partial charge on any atom is 0.213 e. The highest BCUT2D eigenvalue weighted by molar-refractivity contribution is 5.36. The van der Waals surface area contributed by atoms with Crippen LogP contribution in [0.4, 0.5) is 5.69 Å². The van der Waals surface area contributed by atoms with Gasteiger partial charge in [-0.1, -0.05) is 12.1 Å². The molecule has 19 heavy (non-hydrogen) atoms. The summed E-state index contributed by atoms with van der Waals surface area (Å²) in [5, 5.41) is 0. The third kappa shape index (κ3) is 4.17. The smallest absolute Gasteiger partial charge is 0.213 e. The molecule has 100 valence electrons. The van der Waals surface area contributed by atoms with Crippen LogP contribution in [0.3, 0.4) is 0 Å². The van der Waals surface area contributed by atoms with Crippen molar-refractivity contribution in [1.29, 1.82) is 0 Å². The fraction of sp³-hybridized carbons (Fsp3) is 0.267. The molecule has 1 aromatic carbocycles. The standard InChI is InChI=1S/C15H18N2O2/c1-2-18-14-5-3-4-12(10-14)8-9-19-15-7-6-13(16)11-17-15/h3-7,10-11H,2,8-9,16H2,1H3. The Labute approximate surface area is 113 Å². The van der Waals surface area contributed by atoms with E-state index < -0.39 is 0 Å². The lowest BCUT2D eigenvalue weighted by Gasteiger charge is -2.07. The van der Waals surface area contributed by atoms with Crippen molar-refractivity contribution in [2.24, 2.45) is 0 Å². The zero-order valence-electron chi connectivity index (χ0n) is 11.0. The van der Waals surface area contributed by atoms with Gasteiger partial charge in [0.1, 0.15) is 5.75 Å². The number of rotatable bonds is 6. The maximum absolute atomic E-state index is 5.56. The van der Waals surface area contributed by atoms with Crippen LogP contribution in [-0.4, -0.2) is 18.2 Å². The number of nitrogens with two attached hydrogens (primary N) is 1. The van der Waals surface area contributed by atoms with Crippen molar-refractivity contribution in [2.45, 2.75) is 13.3 Å². The van der Waals surface area contributed by atoms with Gasteiger partial charge in [-0.3, -0.25) is 0 Å². The average molecular weight is 258 g/mol. The molecule has 4 nitrogen and oxygen atoms in total. The van der Waals surface area contributed by atoms with Crippen LogP contribution in [-0.2, 0) is 6.42 Å². The van der Waals surface area contributed by atoms with Crippen LogP contribution in [0.2, 0.25) is 0 Å². The molecule has 2 N–H and O–H groups in total. The topological polar surface area (TPSA) is 57.4 Å². The molecule has 0 fully saturated rings. The minimum absolute atomic E-state index is 0.576. The average Bonchev–Trinajstić information content (AvgIpc) is 2.42. The highest BCUT2D eigenvalue weighted by atomic mass is 16.5. The van der Waals surface area contributed by atoms with Gasteiger partial charge in [0.15, 0.2) is 0 Å². The molecule has 0 unspecified atom stereocenters. The largest absolute Gasteiger partial charge is 0.494 e. The van der Waals surface area contributed by atoms with Crippen molar-refractivity contribution in [3.8, 4) is 11.6 Å². The third-order valence-electron chi connectivity index (χ3n) is 2.61. The second-order valence-corrected chi connectivity index (χ2v) is 4.11. The monoisotopic (exact) mass is 258 g/mol. The second-order valence-electron chi connectivity index (χ2n) is 4.11. The van der Waals surface area contributed by atoms with Crippen LogP contribution in [0, 0.1) is 0 Å². The highest BCUT2D eigenvalue weighted by Crippen LogP contribution is 2.14. The molecule has 0 atom stereocenters. The number of nitrogen functional groups attached to an aromatic ring is 1. The van der Waals surface area contributed by atoms with Gasteiger partial charge in [0.25, 0.3) is 0 Å². The van der Waals surface area contributed by atoms with Gasteiger partial charge < -0.3 is 15.2 Å². The summed E-state index contributed by atoms with van der Waals surface area (Å²) >= 11 is 0. The molecule has 0 aliphatic heterocycles. The Kier molecular flexibility index (Phi) is 4.61. The Morgan fingerprint density at radius 2 is 2.05 bits per heavy atom. The Hall–Kier alpha value is -2.23. The first-order valence-electron chi connectivity index (χ1n) is 6.34. The van der Waals surface area contributed by atoms with Crippen LogP contribution in [0.15, 0.2) is 42.6 Å². The first-order valence-corrected chi connectivity index (χ1v) is 6.34. The van der Waals surface area contributed by atoms with Gasteiger partial charge in [-0.15, -0.1) is 0 Å². The van der Waals surface area contributed by atoms with Crippen molar-refractivity contribution in [1.82, 2.24) is 4.98 Å². The molecule has 2 aromatic rings. The van der Waals surface area contributed by atoms with E-state index in [1.54, 1.807) is 18.3 Å². The molecule has 4 heteroatoms. The molecule has 0 amide bonds. The van der Waals surface area contributed by atoms with E-state index in [-0.39, 0.29) is 0 Å². The molecule has 0 aliphatic carbocycles. The lowest BCUT2D eigenvalue weighted by atomic mass is 10.1. The summed E-state index contributed by atoms with van der Waals surface area (Å²) < 4.78 is 11.0. The van der Waals surface area contributed by atoms with Crippen molar-refractivity contribution < 1.29 is 9.47 Å². The van der Waals surface area contributed by atoms with Crippen LogP contribution < -0.4 is 15.2 Å². The van der Waals surface area contributed by atoms with Crippen LogP contribution in [0.1, 0.15) is 12.5 Å². The summed E-state index contributed by atoms with van der Waals surface area (Å²) in [5.74, 6) is 1.49. The molecule has 1 aromatic heterocycles. The fourth-order valence-electron chi connectivity index (χ4n) is 1.71. The Morgan fingerprint density at radius 3 is 2.79 bits per heavy atom. The number of hydrogen-bond donors (Lipinski definition) is 1. The number of pyridine rings is 1. The quantitative estimate of drug-likeness (QED) is 0.865. The van der Waals surface area contributed by atoms with E-state index in [9.17, 15) is 0 Å². The molecule has 0 aliphatic rings. The molecule has 0 saturated heterocycles. The van der Waals surface area contributed by atoms with Gasteiger partial charge in [0.05, 0.1) is 25.1 Å². The lowest BCUT2D eigenvalue weighted by Crippen LogP contribution is -2.03. The van der Waals surface area contributed by atoms with E-state index in [0.29, 0.717) is 24.8 Å². The summed E-state index contributed by atoms with van der Waals surface area (Å²) in [7, 11) is 0. The molecule has 1 heterocycles. The number of ether oxygens (including phenoxy) is 2. The Morgan fingerprint density at radius 1 is 1.16 bits per heavy atom. The molecular weight excluding hydrogens is 240 g/mol. The van der Waals surface area contributed by atoms with Gasteiger partial charge in [0, 0.05) is 12.5 Å². The van der Waals surface area contributed by atoms with Crippen molar-refractivity contribution >= 4 is 5.69 Å². The van der Waals surface area contributed by atoms with E-state index >= 15 is 0 Å². The fourth-order valence-corrected chi connectivity index (χ4v) is 1.71. The number of aromatic nitrogens is 1. The molecule has 0 radical (unpaired) electrons. The van der Waals surface area contributed by atoms with Crippen molar-refractivity contribution in [3.63, 3.8) is 0 Å². The second kappa shape index (κ2) is 6.64. The third-order valence-corrected chi connectivity index (χ3v) is 2.61. The predicted molar refractivity (Wildman–Crippen MR) is 75.5 cm³/mol. The van der Waals surface area contributed by atoms with Crippen molar-refractivity contribution in [2.75, 3.05) is 18.9 Å². The first kappa shape index (κ1) is 13.2. The number of nitrogens with zero attached hydrogens (tertiary/aromatic N) is 1.